The summed E-state index contributed by atoms with van der Waals surface area (Å²) in [5.41, 5.74) is 2.32. The Balaban J connectivity index is 2.45. The zero-order valence-electron chi connectivity index (χ0n) is 12.4. The quantitative estimate of drug-likeness (QED) is 0.861. The van der Waals surface area contributed by atoms with E-state index in [9.17, 15) is 5.11 Å². The summed E-state index contributed by atoms with van der Waals surface area (Å²) < 4.78 is 5.35. The fraction of sp³-hybridized carbons (Fsp3) is 0.625. The molecule has 1 saturated heterocycles. The van der Waals surface area contributed by atoms with Crippen molar-refractivity contribution in [1.82, 2.24) is 5.32 Å². The van der Waals surface area contributed by atoms with Crippen molar-refractivity contribution in [3.63, 3.8) is 0 Å². The lowest BCUT2D eigenvalue weighted by Crippen LogP contribution is -2.27. The van der Waals surface area contributed by atoms with Gasteiger partial charge < -0.3 is 15.2 Å². The van der Waals surface area contributed by atoms with E-state index < -0.39 is 0 Å². The number of aromatic hydroxyl groups is 1. The number of hydrogen-bond donors (Lipinski definition) is 2. The standard InChI is InChI=1S/C16H25NO2/c1-16(2,3)12-9-13(11-5-7-17-8-6-11)15(18)14(10-12)19-4/h9-11,17-18H,5-8H2,1-4H3. The van der Waals surface area contributed by atoms with E-state index in [1.165, 1.54) is 5.56 Å². The summed E-state index contributed by atoms with van der Waals surface area (Å²) >= 11 is 0. The van der Waals surface area contributed by atoms with Gasteiger partial charge in [-0.1, -0.05) is 26.8 Å². The summed E-state index contributed by atoms with van der Waals surface area (Å²) in [6.07, 6.45) is 2.15. The summed E-state index contributed by atoms with van der Waals surface area (Å²) in [4.78, 5) is 0. The largest absolute Gasteiger partial charge is 0.504 e. The number of benzene rings is 1. The predicted molar refractivity (Wildman–Crippen MR) is 78.2 cm³/mol. The van der Waals surface area contributed by atoms with E-state index in [1.807, 2.05) is 6.07 Å². The molecular weight excluding hydrogens is 238 g/mol. The molecule has 3 heteroatoms. The number of nitrogens with one attached hydrogen (secondary N) is 1. The number of methoxy groups -OCH3 is 1. The second-order valence-corrected chi connectivity index (χ2v) is 6.39. The Hall–Kier alpha value is -1.22. The van der Waals surface area contributed by atoms with Gasteiger partial charge in [0.25, 0.3) is 0 Å². The summed E-state index contributed by atoms with van der Waals surface area (Å²) in [5.74, 6) is 1.35. The van der Waals surface area contributed by atoms with E-state index in [-0.39, 0.29) is 5.41 Å². The van der Waals surface area contributed by atoms with Crippen molar-refractivity contribution < 1.29 is 9.84 Å². The van der Waals surface area contributed by atoms with Crippen LogP contribution in [-0.2, 0) is 5.41 Å². The maximum absolute atomic E-state index is 10.4. The first kappa shape index (κ1) is 14.2. The molecule has 1 aliphatic rings. The van der Waals surface area contributed by atoms with Crippen LogP contribution in [0.2, 0.25) is 0 Å². The van der Waals surface area contributed by atoms with Gasteiger partial charge in [0, 0.05) is 5.56 Å². The SMILES string of the molecule is COc1cc(C(C)(C)C)cc(C2CCNCC2)c1O. The molecule has 106 valence electrons. The minimum absolute atomic E-state index is 0.0582. The molecule has 0 radical (unpaired) electrons. The van der Waals surface area contributed by atoms with Crippen molar-refractivity contribution in [2.45, 2.75) is 44.9 Å². The van der Waals surface area contributed by atoms with Crippen molar-refractivity contribution in [3.05, 3.63) is 23.3 Å². The van der Waals surface area contributed by atoms with E-state index in [4.69, 9.17) is 4.74 Å². The van der Waals surface area contributed by atoms with Crippen LogP contribution < -0.4 is 10.1 Å². The van der Waals surface area contributed by atoms with Crippen molar-refractivity contribution >= 4 is 0 Å². The number of hydrogen-bond acceptors (Lipinski definition) is 3. The first-order chi connectivity index (χ1) is 8.93. The Morgan fingerprint density at radius 3 is 2.37 bits per heavy atom. The molecular formula is C16H25NO2. The van der Waals surface area contributed by atoms with Crippen LogP contribution in [0.3, 0.4) is 0 Å². The second kappa shape index (κ2) is 5.41. The fourth-order valence-electron chi connectivity index (χ4n) is 2.66. The van der Waals surface area contributed by atoms with Crippen molar-refractivity contribution in [1.29, 1.82) is 0 Å². The van der Waals surface area contributed by atoms with Crippen LogP contribution in [0.15, 0.2) is 12.1 Å². The zero-order valence-corrected chi connectivity index (χ0v) is 12.4. The van der Waals surface area contributed by atoms with Gasteiger partial charge in [-0.05, 0) is 48.9 Å². The number of rotatable bonds is 2. The van der Waals surface area contributed by atoms with Gasteiger partial charge in [0.1, 0.15) is 0 Å². The highest BCUT2D eigenvalue weighted by molar-refractivity contribution is 5.51. The van der Waals surface area contributed by atoms with Gasteiger partial charge >= 0.3 is 0 Å². The van der Waals surface area contributed by atoms with Gasteiger partial charge in [-0.25, -0.2) is 0 Å². The number of ether oxygens (including phenoxy) is 1. The molecule has 2 N–H and O–H groups in total. The van der Waals surface area contributed by atoms with E-state index in [1.54, 1.807) is 7.11 Å². The first-order valence-electron chi connectivity index (χ1n) is 7.05. The maximum Gasteiger partial charge on any atom is 0.161 e. The van der Waals surface area contributed by atoms with Crippen LogP contribution in [0.4, 0.5) is 0 Å². The average Bonchev–Trinajstić information content (AvgIpc) is 2.38. The lowest BCUT2D eigenvalue weighted by Gasteiger charge is -2.27. The van der Waals surface area contributed by atoms with E-state index in [0.29, 0.717) is 17.4 Å². The lowest BCUT2D eigenvalue weighted by atomic mass is 9.82. The smallest absolute Gasteiger partial charge is 0.161 e. The predicted octanol–water partition coefficient (Wildman–Crippen LogP) is 3.17. The van der Waals surface area contributed by atoms with Crippen LogP contribution in [0.5, 0.6) is 11.5 Å². The molecule has 0 spiro atoms. The third kappa shape index (κ3) is 3.03. The molecule has 1 aliphatic heterocycles. The van der Waals surface area contributed by atoms with Gasteiger partial charge in [0.15, 0.2) is 11.5 Å². The molecule has 0 saturated carbocycles. The minimum Gasteiger partial charge on any atom is -0.504 e. The van der Waals surface area contributed by atoms with Crippen molar-refractivity contribution in [3.8, 4) is 11.5 Å². The first-order valence-corrected chi connectivity index (χ1v) is 7.05. The number of phenolic OH excluding ortho intramolecular Hbond substituents is 1. The van der Waals surface area contributed by atoms with Gasteiger partial charge in [0.05, 0.1) is 7.11 Å². The van der Waals surface area contributed by atoms with Gasteiger partial charge in [0.2, 0.25) is 0 Å². The minimum atomic E-state index is 0.0582. The molecule has 1 aromatic carbocycles. The Bertz CT molecular complexity index is 443. The Labute approximate surface area is 116 Å². The van der Waals surface area contributed by atoms with E-state index in [0.717, 1.165) is 31.5 Å². The number of piperidine rings is 1. The fourth-order valence-corrected chi connectivity index (χ4v) is 2.66. The summed E-state index contributed by atoms with van der Waals surface area (Å²) in [6.45, 7) is 8.60. The molecule has 1 aromatic rings. The lowest BCUT2D eigenvalue weighted by molar-refractivity contribution is 0.360. The Kier molecular flexibility index (Phi) is 4.04. The summed E-state index contributed by atoms with van der Waals surface area (Å²) in [6, 6.07) is 4.12. The highest BCUT2D eigenvalue weighted by Gasteiger charge is 2.24. The molecule has 2 rings (SSSR count). The van der Waals surface area contributed by atoms with Crippen LogP contribution in [0, 0.1) is 0 Å². The number of phenols is 1. The van der Waals surface area contributed by atoms with Crippen LogP contribution in [0.1, 0.15) is 50.7 Å². The zero-order chi connectivity index (χ0) is 14.0. The molecule has 0 aliphatic carbocycles. The molecule has 1 fully saturated rings. The molecule has 1 heterocycles. The summed E-state index contributed by atoms with van der Waals surface area (Å²) in [7, 11) is 1.62. The van der Waals surface area contributed by atoms with Gasteiger partial charge in [-0.15, -0.1) is 0 Å². The molecule has 0 unspecified atom stereocenters. The molecule has 0 atom stereocenters. The molecule has 0 amide bonds. The highest BCUT2D eigenvalue weighted by atomic mass is 16.5. The third-order valence-corrected chi connectivity index (χ3v) is 3.97. The maximum atomic E-state index is 10.4. The van der Waals surface area contributed by atoms with E-state index in [2.05, 4.69) is 32.2 Å². The van der Waals surface area contributed by atoms with Crippen LogP contribution in [-0.4, -0.2) is 25.3 Å². The third-order valence-electron chi connectivity index (χ3n) is 3.97. The highest BCUT2D eigenvalue weighted by Crippen LogP contribution is 2.41. The van der Waals surface area contributed by atoms with Gasteiger partial charge in [-0.2, -0.15) is 0 Å². The van der Waals surface area contributed by atoms with Crippen LogP contribution in [0.25, 0.3) is 0 Å². The van der Waals surface area contributed by atoms with Crippen LogP contribution >= 0.6 is 0 Å². The molecule has 0 aromatic heterocycles. The van der Waals surface area contributed by atoms with Crippen molar-refractivity contribution in [2.24, 2.45) is 0 Å². The van der Waals surface area contributed by atoms with Gasteiger partial charge in [-0.3, -0.25) is 0 Å². The second-order valence-electron chi connectivity index (χ2n) is 6.39. The monoisotopic (exact) mass is 263 g/mol. The normalized spacial score (nSPS) is 17.5. The Morgan fingerprint density at radius 2 is 1.84 bits per heavy atom. The molecule has 19 heavy (non-hydrogen) atoms. The Morgan fingerprint density at radius 1 is 1.21 bits per heavy atom. The molecule has 0 bridgehead atoms. The topological polar surface area (TPSA) is 41.5 Å². The summed E-state index contributed by atoms with van der Waals surface area (Å²) in [5, 5.41) is 13.8. The average molecular weight is 263 g/mol. The van der Waals surface area contributed by atoms with Crippen molar-refractivity contribution in [2.75, 3.05) is 20.2 Å². The van der Waals surface area contributed by atoms with E-state index >= 15 is 0 Å². The molecule has 3 nitrogen and oxygen atoms in total.